The second-order valence-electron chi connectivity index (χ2n) is 4.62. The van der Waals surface area contributed by atoms with E-state index in [1.165, 1.54) is 18.2 Å². The highest BCUT2D eigenvalue weighted by atomic mass is 16.5. The molecule has 0 spiro atoms. The van der Waals surface area contributed by atoms with Crippen molar-refractivity contribution in [3.8, 4) is 0 Å². The van der Waals surface area contributed by atoms with E-state index in [1.807, 2.05) is 0 Å². The highest BCUT2D eigenvalue weighted by molar-refractivity contribution is 5.80. The third-order valence-corrected chi connectivity index (χ3v) is 3.45. The van der Waals surface area contributed by atoms with E-state index in [2.05, 4.69) is 31.2 Å². The van der Waals surface area contributed by atoms with Gasteiger partial charge in [-0.3, -0.25) is 4.79 Å². The Balaban J connectivity index is 2.06. The minimum atomic E-state index is -0.206. The number of methoxy groups -OCH3 is 1. The fourth-order valence-electron chi connectivity index (χ4n) is 2.10. The van der Waals surface area contributed by atoms with Gasteiger partial charge in [-0.2, -0.15) is 0 Å². The Labute approximate surface area is 96.6 Å². The van der Waals surface area contributed by atoms with E-state index in [4.69, 9.17) is 4.74 Å². The molecule has 2 heteroatoms. The van der Waals surface area contributed by atoms with Gasteiger partial charge in [-0.05, 0) is 36.8 Å². The van der Waals surface area contributed by atoms with Crippen LogP contribution >= 0.6 is 0 Å². The number of esters is 1. The summed E-state index contributed by atoms with van der Waals surface area (Å²) in [6, 6.07) is 8.54. The van der Waals surface area contributed by atoms with Crippen LogP contribution in [0.3, 0.4) is 0 Å². The number of hydrogen-bond acceptors (Lipinski definition) is 2. The average molecular weight is 218 g/mol. The third kappa shape index (κ3) is 2.11. The summed E-state index contributed by atoms with van der Waals surface area (Å²) in [5.41, 5.74) is 2.37. The number of carbonyl (C=O) groups excluding carboxylic acids is 1. The summed E-state index contributed by atoms with van der Waals surface area (Å²) in [5, 5.41) is 0. The number of hydrogen-bond donors (Lipinski definition) is 0. The van der Waals surface area contributed by atoms with E-state index >= 15 is 0 Å². The number of carbonyl (C=O) groups is 1. The van der Waals surface area contributed by atoms with Gasteiger partial charge in [-0.15, -0.1) is 0 Å². The Morgan fingerprint density at radius 2 is 1.81 bits per heavy atom. The molecule has 0 heterocycles. The van der Waals surface area contributed by atoms with E-state index < -0.39 is 0 Å². The molecule has 2 nitrogen and oxygen atoms in total. The van der Waals surface area contributed by atoms with Crippen LogP contribution in [0.5, 0.6) is 0 Å². The van der Waals surface area contributed by atoms with Crippen LogP contribution in [0.1, 0.15) is 30.9 Å². The summed E-state index contributed by atoms with van der Waals surface area (Å²) in [7, 11) is 1.47. The molecule has 0 aliphatic heterocycles. The van der Waals surface area contributed by atoms with E-state index in [0.29, 0.717) is 0 Å². The molecule has 0 N–H and O–H groups in total. The van der Waals surface area contributed by atoms with Crippen molar-refractivity contribution in [3.05, 3.63) is 35.4 Å². The van der Waals surface area contributed by atoms with Crippen molar-refractivity contribution in [3.63, 3.8) is 0 Å². The van der Waals surface area contributed by atoms with Gasteiger partial charge in [0.25, 0.3) is 0 Å². The van der Waals surface area contributed by atoms with Gasteiger partial charge in [0.15, 0.2) is 0 Å². The summed E-state index contributed by atoms with van der Waals surface area (Å²) >= 11 is 0. The minimum absolute atomic E-state index is 0.0490. The first-order valence-electron chi connectivity index (χ1n) is 5.86. The largest absolute Gasteiger partial charge is 0.469 e. The van der Waals surface area contributed by atoms with Crippen molar-refractivity contribution < 1.29 is 9.53 Å². The van der Waals surface area contributed by atoms with E-state index in [-0.39, 0.29) is 11.4 Å². The molecule has 16 heavy (non-hydrogen) atoms. The van der Waals surface area contributed by atoms with Crippen LogP contribution in [0.15, 0.2) is 24.3 Å². The number of ether oxygens (including phenoxy) is 1. The Bertz CT molecular complexity index is 374. The van der Waals surface area contributed by atoms with Gasteiger partial charge in [-0.1, -0.05) is 31.2 Å². The fourth-order valence-corrected chi connectivity index (χ4v) is 2.10. The van der Waals surface area contributed by atoms with Crippen LogP contribution in [0, 0.1) is 5.41 Å². The SMILES string of the molecule is CCc1ccc(CC2(C(=O)OC)CC2)cc1. The molecular weight excluding hydrogens is 200 g/mol. The molecule has 0 saturated heterocycles. The summed E-state index contributed by atoms with van der Waals surface area (Å²) < 4.78 is 4.86. The third-order valence-electron chi connectivity index (χ3n) is 3.45. The lowest BCUT2D eigenvalue weighted by Crippen LogP contribution is -2.19. The molecule has 0 unspecified atom stereocenters. The summed E-state index contributed by atoms with van der Waals surface area (Å²) in [4.78, 5) is 11.6. The zero-order chi connectivity index (χ0) is 11.6. The zero-order valence-electron chi connectivity index (χ0n) is 9.95. The van der Waals surface area contributed by atoms with Crippen molar-refractivity contribution in [1.29, 1.82) is 0 Å². The van der Waals surface area contributed by atoms with Gasteiger partial charge < -0.3 is 4.74 Å². The van der Waals surface area contributed by atoms with Crippen LogP contribution < -0.4 is 0 Å². The molecule has 0 aromatic heterocycles. The molecule has 2 rings (SSSR count). The molecule has 86 valence electrons. The topological polar surface area (TPSA) is 26.3 Å². The molecule has 0 amide bonds. The van der Waals surface area contributed by atoms with Gasteiger partial charge in [0.2, 0.25) is 0 Å². The predicted octanol–water partition coefficient (Wildman–Crippen LogP) is 2.74. The van der Waals surface area contributed by atoms with Gasteiger partial charge in [-0.25, -0.2) is 0 Å². The Kier molecular flexibility index (Phi) is 2.99. The van der Waals surface area contributed by atoms with Gasteiger partial charge in [0.1, 0.15) is 0 Å². The number of rotatable bonds is 4. The normalized spacial score (nSPS) is 16.9. The second kappa shape index (κ2) is 4.28. The van der Waals surface area contributed by atoms with Crippen molar-refractivity contribution in [1.82, 2.24) is 0 Å². The highest BCUT2D eigenvalue weighted by Gasteiger charge is 2.50. The van der Waals surface area contributed by atoms with E-state index in [0.717, 1.165) is 25.7 Å². The first kappa shape index (κ1) is 11.2. The molecule has 1 fully saturated rings. The monoisotopic (exact) mass is 218 g/mol. The van der Waals surface area contributed by atoms with Crippen molar-refractivity contribution in [2.24, 2.45) is 5.41 Å². The Morgan fingerprint density at radius 1 is 1.25 bits per heavy atom. The van der Waals surface area contributed by atoms with Crippen LogP contribution in [0.4, 0.5) is 0 Å². The maximum Gasteiger partial charge on any atom is 0.312 e. The molecular formula is C14H18O2. The first-order valence-corrected chi connectivity index (χ1v) is 5.86. The lowest BCUT2D eigenvalue weighted by Gasteiger charge is -2.12. The molecule has 1 aliphatic rings. The summed E-state index contributed by atoms with van der Waals surface area (Å²) in [6.07, 6.45) is 3.82. The minimum Gasteiger partial charge on any atom is -0.469 e. The molecule has 1 saturated carbocycles. The smallest absolute Gasteiger partial charge is 0.312 e. The number of aryl methyl sites for hydroxylation is 1. The lowest BCUT2D eigenvalue weighted by atomic mass is 9.96. The molecule has 0 radical (unpaired) electrons. The molecule has 1 aliphatic carbocycles. The standard InChI is InChI=1S/C14H18O2/c1-3-11-4-6-12(7-5-11)10-14(8-9-14)13(15)16-2/h4-7H,3,8-10H2,1-2H3. The van der Waals surface area contributed by atoms with E-state index in [9.17, 15) is 4.79 Å². The molecule has 0 atom stereocenters. The first-order chi connectivity index (χ1) is 7.70. The van der Waals surface area contributed by atoms with Gasteiger partial charge >= 0.3 is 5.97 Å². The van der Waals surface area contributed by atoms with Gasteiger partial charge in [0, 0.05) is 0 Å². The van der Waals surface area contributed by atoms with Crippen LogP contribution in [0.25, 0.3) is 0 Å². The molecule has 1 aromatic carbocycles. The van der Waals surface area contributed by atoms with Crippen molar-refractivity contribution in [2.45, 2.75) is 32.6 Å². The van der Waals surface area contributed by atoms with Gasteiger partial charge in [0.05, 0.1) is 12.5 Å². The van der Waals surface area contributed by atoms with Crippen LogP contribution in [-0.2, 0) is 22.4 Å². The predicted molar refractivity (Wildman–Crippen MR) is 63.2 cm³/mol. The lowest BCUT2D eigenvalue weighted by molar-refractivity contribution is -0.147. The quantitative estimate of drug-likeness (QED) is 0.726. The summed E-state index contributed by atoms with van der Waals surface area (Å²) in [6.45, 7) is 2.14. The fraction of sp³-hybridized carbons (Fsp3) is 0.500. The zero-order valence-corrected chi connectivity index (χ0v) is 9.95. The average Bonchev–Trinajstić information content (AvgIpc) is 3.10. The maximum absolute atomic E-state index is 11.6. The van der Waals surface area contributed by atoms with Crippen molar-refractivity contribution >= 4 is 5.97 Å². The summed E-state index contributed by atoms with van der Waals surface area (Å²) in [5.74, 6) is -0.0490. The maximum atomic E-state index is 11.6. The highest BCUT2D eigenvalue weighted by Crippen LogP contribution is 2.49. The molecule has 0 bridgehead atoms. The second-order valence-corrected chi connectivity index (χ2v) is 4.62. The van der Waals surface area contributed by atoms with Crippen molar-refractivity contribution in [2.75, 3.05) is 7.11 Å². The Hall–Kier alpha value is -1.31. The molecule has 1 aromatic rings. The number of benzene rings is 1. The Morgan fingerprint density at radius 3 is 2.25 bits per heavy atom. The van der Waals surface area contributed by atoms with Crippen LogP contribution in [-0.4, -0.2) is 13.1 Å². The van der Waals surface area contributed by atoms with Crippen LogP contribution in [0.2, 0.25) is 0 Å². The van der Waals surface area contributed by atoms with E-state index in [1.54, 1.807) is 0 Å².